The third-order valence-electron chi connectivity index (χ3n) is 20.0. The van der Waals surface area contributed by atoms with Crippen LogP contribution in [-0.4, -0.2) is 211 Å². The van der Waals surface area contributed by atoms with Crippen LogP contribution in [-0.2, 0) is 104 Å². The summed E-state index contributed by atoms with van der Waals surface area (Å²) in [4.78, 5) is 50.7. The Morgan fingerprint density at radius 1 is 0.511 bits per heavy atom. The molecule has 8 atom stereocenters. The van der Waals surface area contributed by atoms with Gasteiger partial charge in [-0.25, -0.2) is 0 Å². The Morgan fingerprint density at radius 2 is 0.967 bits per heavy atom. The average molecular weight is 1270 g/mol. The van der Waals surface area contributed by atoms with Crippen LogP contribution in [0.1, 0.15) is 123 Å². The number of aliphatic hydroxyl groups excluding tert-OH is 1. The summed E-state index contributed by atoms with van der Waals surface area (Å²) < 4.78 is 83.5. The number of ether oxygens (including phenoxy) is 15. The number of hydrogen-bond donors (Lipinski definition) is 1. The van der Waals surface area contributed by atoms with Gasteiger partial charge >= 0.3 is 17.9 Å². The van der Waals surface area contributed by atoms with E-state index in [-0.39, 0.29) is 78.7 Å². The van der Waals surface area contributed by atoms with E-state index < -0.39 is 22.8 Å². The summed E-state index contributed by atoms with van der Waals surface area (Å²) in [5.41, 5.74) is 3.02. The molecule has 7 rings (SSSR count). The van der Waals surface area contributed by atoms with E-state index in [0.29, 0.717) is 164 Å². The Labute approximate surface area is 535 Å². The molecule has 2 aromatic rings. The minimum Gasteiger partial charge on any atom is -0.465 e. The van der Waals surface area contributed by atoms with Crippen molar-refractivity contribution in [3.05, 3.63) is 71.3 Å². The minimum atomic E-state index is -0.598. The highest BCUT2D eigenvalue weighted by molar-refractivity contribution is 5.79. The largest absolute Gasteiger partial charge is 0.465 e. The first-order valence-electron chi connectivity index (χ1n) is 33.2. The molecule has 3 saturated carbocycles. The summed E-state index contributed by atoms with van der Waals surface area (Å²) in [6, 6.07) is 10.0. The number of hydrogen-bond acceptors (Lipinski definition) is 21. The van der Waals surface area contributed by atoms with Gasteiger partial charge in [-0.15, -0.1) is 0 Å². The van der Waals surface area contributed by atoms with Gasteiger partial charge in [-0.1, -0.05) is 83.5 Å². The van der Waals surface area contributed by atoms with Crippen LogP contribution < -0.4 is 0 Å². The van der Waals surface area contributed by atoms with E-state index in [9.17, 15) is 14.4 Å². The zero-order valence-corrected chi connectivity index (χ0v) is 55.1. The third kappa shape index (κ3) is 20.7. The lowest BCUT2D eigenvalue weighted by molar-refractivity contribution is -0.185. The molecule has 21 nitrogen and oxygen atoms in total. The lowest BCUT2D eigenvalue weighted by Gasteiger charge is -2.70. The number of allylic oxidation sites excluding steroid dienone is 2. The van der Waals surface area contributed by atoms with Gasteiger partial charge in [-0.2, -0.15) is 0 Å². The number of fused-ring (bicyclic) bond motifs is 8. The molecule has 0 bridgehead atoms. The van der Waals surface area contributed by atoms with Crippen molar-refractivity contribution in [2.75, 3.05) is 178 Å². The smallest absolute Gasteiger partial charge is 0.313 e. The van der Waals surface area contributed by atoms with Crippen LogP contribution in [0.5, 0.6) is 0 Å². The van der Waals surface area contributed by atoms with Gasteiger partial charge in [0.2, 0.25) is 0 Å². The fourth-order valence-electron chi connectivity index (χ4n) is 15.2. The van der Waals surface area contributed by atoms with Gasteiger partial charge in [-0.3, -0.25) is 24.4 Å². The highest BCUT2D eigenvalue weighted by Gasteiger charge is 2.70. The lowest BCUT2D eigenvalue weighted by atomic mass is 9.33. The molecular weight excluding hydrogens is 1160 g/mol. The van der Waals surface area contributed by atoms with Gasteiger partial charge < -0.3 is 76.2 Å². The Morgan fingerprint density at radius 3 is 1.47 bits per heavy atom. The van der Waals surface area contributed by atoms with Crippen molar-refractivity contribution in [3.63, 3.8) is 0 Å². The number of carbonyl (C=O) groups is 3. The molecule has 0 unspecified atom stereocenters. The van der Waals surface area contributed by atoms with Gasteiger partial charge in [0.05, 0.1) is 195 Å². The van der Waals surface area contributed by atoms with Crippen LogP contribution in [0.25, 0.3) is 0 Å². The molecule has 1 heterocycles. The maximum absolute atomic E-state index is 14.5. The van der Waals surface area contributed by atoms with E-state index in [4.69, 9.17) is 86.1 Å². The van der Waals surface area contributed by atoms with Crippen molar-refractivity contribution in [3.8, 4) is 0 Å². The first-order valence-corrected chi connectivity index (χ1v) is 33.2. The van der Waals surface area contributed by atoms with Gasteiger partial charge in [0.1, 0.15) is 19.8 Å². The SMILES string of the molecule is CC1(C)CC[C@]2(C(=O)OCc3ccccc3)CC[C@]3(C)C(=CC[C@@H]4[C@@]5(C)Cc6nccnc6[C@@](C)(COC(=O)CCC(=O)OCCOCCOCCOCCOCCOCCOCCOCCOCCOCCOCCOCCOCCO)[C@@H]5CC[C@]43C)[C@@H]2C1. The van der Waals surface area contributed by atoms with E-state index in [1.54, 1.807) is 12.4 Å². The zero-order valence-electron chi connectivity index (χ0n) is 55.1. The molecule has 1 aromatic heterocycles. The quantitative estimate of drug-likeness (QED) is 0.0285. The van der Waals surface area contributed by atoms with Crippen LogP contribution in [0.3, 0.4) is 0 Å². The topological polar surface area (TPSA) is 236 Å². The molecule has 0 radical (unpaired) electrons. The second-order valence-corrected chi connectivity index (χ2v) is 26.3. The van der Waals surface area contributed by atoms with E-state index in [1.807, 2.05) is 30.3 Å². The summed E-state index contributed by atoms with van der Waals surface area (Å²) >= 11 is 0. The van der Waals surface area contributed by atoms with Crippen LogP contribution in [0.4, 0.5) is 0 Å². The van der Waals surface area contributed by atoms with Crippen molar-refractivity contribution in [2.24, 2.45) is 44.8 Å². The third-order valence-corrected chi connectivity index (χ3v) is 20.0. The molecule has 0 aliphatic heterocycles. The fraction of sp³-hybridized carbons (Fsp3) is 0.783. The predicted octanol–water partition coefficient (Wildman–Crippen LogP) is 8.07. The Hall–Kier alpha value is -4.07. The maximum Gasteiger partial charge on any atom is 0.313 e. The van der Waals surface area contributed by atoms with Gasteiger partial charge in [0.15, 0.2) is 0 Å². The summed E-state index contributed by atoms with van der Waals surface area (Å²) in [6.45, 7) is 25.5. The lowest BCUT2D eigenvalue weighted by Crippen LogP contribution is -2.65. The summed E-state index contributed by atoms with van der Waals surface area (Å²) in [5.74, 6) is -0.358. The van der Waals surface area contributed by atoms with E-state index in [2.05, 4.69) is 47.6 Å². The Balaban J connectivity index is 0.685. The maximum atomic E-state index is 14.5. The average Bonchev–Trinajstić information content (AvgIpc) is 0.676. The zero-order chi connectivity index (χ0) is 64.0. The first kappa shape index (κ1) is 73.3. The predicted molar refractivity (Wildman–Crippen MR) is 333 cm³/mol. The number of aromatic nitrogens is 2. The summed E-state index contributed by atoms with van der Waals surface area (Å²) in [5, 5.41) is 8.64. The van der Waals surface area contributed by atoms with Crippen LogP contribution >= 0.6 is 0 Å². The first-order chi connectivity index (χ1) is 43.6. The highest BCUT2D eigenvalue weighted by Crippen LogP contribution is 2.75. The number of rotatable bonds is 46. The number of esters is 3. The standard InChI is InChI=1S/C69H108N2O19/c1-64(2)18-20-69(63(75)89-52-54-10-8-7-9-11-54)21-19-67(5)55(56(69)50-64)12-13-59-65(3)51-57-62(71-23-22-70-57)66(4,58(65)16-17-68(59,67)6)53-90-61(74)15-14-60(73)88-49-48-87-47-46-86-45-44-85-43-42-84-41-40-83-39-38-82-37-36-81-35-34-80-33-32-79-31-30-78-29-28-77-27-26-76-25-24-72/h7-12,22-23,56,58-59,72H,13-21,24-53H2,1-6H3/t56-,58+,59+,65-,66-,67+,68+,69-/m0/s1. The van der Waals surface area contributed by atoms with Crippen molar-refractivity contribution in [2.45, 2.75) is 124 Å². The molecule has 0 amide bonds. The van der Waals surface area contributed by atoms with E-state index >= 15 is 0 Å². The Bertz CT molecular complexity index is 2450. The molecule has 5 aliphatic rings. The molecule has 90 heavy (non-hydrogen) atoms. The molecule has 5 aliphatic carbocycles. The molecule has 0 saturated heterocycles. The second-order valence-electron chi connectivity index (χ2n) is 26.3. The van der Waals surface area contributed by atoms with Crippen molar-refractivity contribution in [1.82, 2.24) is 9.97 Å². The number of benzene rings is 1. The minimum absolute atomic E-state index is 0.0130. The van der Waals surface area contributed by atoms with Crippen molar-refractivity contribution >= 4 is 17.9 Å². The monoisotopic (exact) mass is 1270 g/mol. The van der Waals surface area contributed by atoms with Crippen LogP contribution in [0, 0.1) is 44.8 Å². The fourth-order valence-corrected chi connectivity index (χ4v) is 15.2. The van der Waals surface area contributed by atoms with E-state index in [0.717, 1.165) is 74.7 Å². The van der Waals surface area contributed by atoms with E-state index in [1.165, 1.54) is 5.57 Å². The van der Waals surface area contributed by atoms with Gasteiger partial charge in [-0.05, 0) is 103 Å². The van der Waals surface area contributed by atoms with Crippen molar-refractivity contribution < 1.29 is 90.5 Å². The molecule has 1 N–H and O–H groups in total. The van der Waals surface area contributed by atoms with Crippen molar-refractivity contribution in [1.29, 1.82) is 0 Å². The molecular formula is C69H108N2O19. The van der Waals surface area contributed by atoms with Crippen LogP contribution in [0.2, 0.25) is 0 Å². The number of carbonyl (C=O) groups excluding carboxylic acids is 3. The molecule has 3 fully saturated rings. The Kier molecular flexibility index (Phi) is 30.7. The molecule has 21 heteroatoms. The normalized spacial score (nSPS) is 26.5. The van der Waals surface area contributed by atoms with Gasteiger partial charge in [0, 0.05) is 17.8 Å². The van der Waals surface area contributed by atoms with Crippen LogP contribution in [0.15, 0.2) is 54.4 Å². The number of nitrogens with zero attached hydrogens (tertiary/aromatic N) is 2. The van der Waals surface area contributed by atoms with Gasteiger partial charge in [0.25, 0.3) is 0 Å². The molecule has 508 valence electrons. The molecule has 1 aromatic carbocycles. The second kappa shape index (κ2) is 37.7. The summed E-state index contributed by atoms with van der Waals surface area (Å²) in [7, 11) is 0. The molecule has 0 spiro atoms. The number of aliphatic hydroxyl groups is 1. The summed E-state index contributed by atoms with van der Waals surface area (Å²) in [6.07, 6.45) is 14.2. The highest BCUT2D eigenvalue weighted by atomic mass is 16.6.